The van der Waals surface area contributed by atoms with Crippen molar-refractivity contribution in [2.24, 2.45) is 11.8 Å². The monoisotopic (exact) mass is 192 g/mol. The Hall–Kier alpha value is -0.520. The zero-order valence-electron chi connectivity index (χ0n) is 10.6. The minimum atomic E-state index is 0.684. The summed E-state index contributed by atoms with van der Waals surface area (Å²) in [7, 11) is 0. The molecule has 1 aliphatic carbocycles. The lowest BCUT2D eigenvalue weighted by Gasteiger charge is -2.27. The Kier molecular flexibility index (Phi) is 3.58. The topological polar surface area (TPSA) is 0 Å². The number of allylic oxidation sites excluding steroid dienone is 4. The van der Waals surface area contributed by atoms with E-state index in [1.807, 2.05) is 0 Å². The molecule has 0 aliphatic heterocycles. The first-order chi connectivity index (χ1) is 6.45. The van der Waals surface area contributed by atoms with Crippen LogP contribution in [0, 0.1) is 11.8 Å². The van der Waals surface area contributed by atoms with E-state index in [1.165, 1.54) is 12.8 Å². The SMILES string of the molecule is CC1=C(C(C)C)C(C)=C(C(C)C)CC1. The Balaban J connectivity index is 3.12. The largest absolute Gasteiger partial charge is 0.0693 e. The maximum atomic E-state index is 2.32. The molecule has 0 atom stereocenters. The molecule has 0 saturated heterocycles. The van der Waals surface area contributed by atoms with E-state index in [9.17, 15) is 0 Å². The van der Waals surface area contributed by atoms with Crippen molar-refractivity contribution < 1.29 is 0 Å². The van der Waals surface area contributed by atoms with E-state index < -0.39 is 0 Å². The van der Waals surface area contributed by atoms with E-state index in [2.05, 4.69) is 41.5 Å². The molecule has 80 valence electrons. The zero-order valence-corrected chi connectivity index (χ0v) is 10.6. The second-order valence-electron chi connectivity index (χ2n) is 5.15. The van der Waals surface area contributed by atoms with Gasteiger partial charge in [0.25, 0.3) is 0 Å². The Morgan fingerprint density at radius 2 is 1.43 bits per heavy atom. The highest BCUT2D eigenvalue weighted by Gasteiger charge is 2.19. The van der Waals surface area contributed by atoms with Gasteiger partial charge in [-0.25, -0.2) is 0 Å². The number of hydrogen-bond donors (Lipinski definition) is 0. The van der Waals surface area contributed by atoms with Crippen LogP contribution in [0.15, 0.2) is 22.3 Å². The maximum absolute atomic E-state index is 2.32. The van der Waals surface area contributed by atoms with Gasteiger partial charge in [0.05, 0.1) is 0 Å². The van der Waals surface area contributed by atoms with E-state index in [0.29, 0.717) is 5.92 Å². The fourth-order valence-electron chi connectivity index (χ4n) is 2.78. The van der Waals surface area contributed by atoms with Crippen LogP contribution in [0.3, 0.4) is 0 Å². The molecule has 0 nitrogen and oxygen atoms in total. The van der Waals surface area contributed by atoms with Gasteiger partial charge in [0.1, 0.15) is 0 Å². The van der Waals surface area contributed by atoms with E-state index in [1.54, 1.807) is 22.3 Å². The van der Waals surface area contributed by atoms with Crippen molar-refractivity contribution in [1.29, 1.82) is 0 Å². The molecule has 0 heterocycles. The van der Waals surface area contributed by atoms with Gasteiger partial charge in [-0.3, -0.25) is 0 Å². The van der Waals surface area contributed by atoms with Gasteiger partial charge >= 0.3 is 0 Å². The number of rotatable bonds is 2. The fraction of sp³-hybridized carbons (Fsp3) is 0.714. The normalized spacial score (nSPS) is 18.9. The van der Waals surface area contributed by atoms with Crippen molar-refractivity contribution >= 4 is 0 Å². The molecule has 0 bridgehead atoms. The summed E-state index contributed by atoms with van der Waals surface area (Å²) in [6.45, 7) is 13.9. The lowest BCUT2D eigenvalue weighted by atomic mass is 9.78. The first-order valence-corrected chi connectivity index (χ1v) is 5.84. The van der Waals surface area contributed by atoms with E-state index in [0.717, 1.165) is 5.92 Å². The van der Waals surface area contributed by atoms with Crippen LogP contribution >= 0.6 is 0 Å². The third kappa shape index (κ3) is 2.10. The fourth-order valence-corrected chi connectivity index (χ4v) is 2.78. The zero-order chi connectivity index (χ0) is 10.9. The highest BCUT2D eigenvalue weighted by Crippen LogP contribution is 2.36. The second-order valence-corrected chi connectivity index (χ2v) is 5.15. The van der Waals surface area contributed by atoms with Gasteiger partial charge in [0.2, 0.25) is 0 Å². The first-order valence-electron chi connectivity index (χ1n) is 5.84. The Bertz CT molecular complexity index is 274. The lowest BCUT2D eigenvalue weighted by molar-refractivity contribution is 0.652. The molecule has 0 aromatic rings. The third-order valence-corrected chi connectivity index (χ3v) is 3.39. The van der Waals surface area contributed by atoms with Crippen LogP contribution in [-0.2, 0) is 0 Å². The Labute approximate surface area is 89.1 Å². The van der Waals surface area contributed by atoms with Crippen molar-refractivity contribution in [3.8, 4) is 0 Å². The van der Waals surface area contributed by atoms with Crippen LogP contribution in [0.2, 0.25) is 0 Å². The molecule has 0 N–H and O–H groups in total. The van der Waals surface area contributed by atoms with Crippen molar-refractivity contribution in [3.05, 3.63) is 22.3 Å². The molecule has 0 amide bonds. The molecule has 1 rings (SSSR count). The van der Waals surface area contributed by atoms with Gasteiger partial charge in [-0.05, 0) is 49.7 Å². The predicted molar refractivity (Wildman–Crippen MR) is 64.3 cm³/mol. The van der Waals surface area contributed by atoms with Crippen LogP contribution in [0.5, 0.6) is 0 Å². The summed E-state index contributed by atoms with van der Waals surface area (Å²) in [6.07, 6.45) is 2.56. The van der Waals surface area contributed by atoms with Crippen molar-refractivity contribution in [2.45, 2.75) is 54.4 Å². The highest BCUT2D eigenvalue weighted by atomic mass is 14.2. The van der Waals surface area contributed by atoms with E-state index in [4.69, 9.17) is 0 Å². The Morgan fingerprint density at radius 1 is 0.857 bits per heavy atom. The molecule has 0 saturated carbocycles. The van der Waals surface area contributed by atoms with Gasteiger partial charge < -0.3 is 0 Å². The molecule has 0 radical (unpaired) electrons. The van der Waals surface area contributed by atoms with Crippen molar-refractivity contribution in [1.82, 2.24) is 0 Å². The summed E-state index contributed by atoms with van der Waals surface area (Å²) in [5.41, 5.74) is 6.50. The smallest absolute Gasteiger partial charge is 0.0217 e. The van der Waals surface area contributed by atoms with Crippen LogP contribution in [0.25, 0.3) is 0 Å². The highest BCUT2D eigenvalue weighted by molar-refractivity contribution is 5.42. The van der Waals surface area contributed by atoms with Crippen LogP contribution < -0.4 is 0 Å². The van der Waals surface area contributed by atoms with Gasteiger partial charge in [0.15, 0.2) is 0 Å². The average molecular weight is 192 g/mol. The molecule has 0 aromatic heterocycles. The Morgan fingerprint density at radius 3 is 1.86 bits per heavy atom. The summed E-state index contributed by atoms with van der Waals surface area (Å²) in [6, 6.07) is 0. The van der Waals surface area contributed by atoms with Gasteiger partial charge in [-0.1, -0.05) is 38.8 Å². The summed E-state index contributed by atoms with van der Waals surface area (Å²) in [5.74, 6) is 1.40. The summed E-state index contributed by atoms with van der Waals surface area (Å²) >= 11 is 0. The van der Waals surface area contributed by atoms with Gasteiger partial charge in [-0.15, -0.1) is 0 Å². The third-order valence-electron chi connectivity index (χ3n) is 3.39. The van der Waals surface area contributed by atoms with Gasteiger partial charge in [0, 0.05) is 0 Å². The van der Waals surface area contributed by atoms with E-state index >= 15 is 0 Å². The summed E-state index contributed by atoms with van der Waals surface area (Å²) < 4.78 is 0. The molecule has 1 aliphatic rings. The molecule has 14 heavy (non-hydrogen) atoms. The lowest BCUT2D eigenvalue weighted by Crippen LogP contribution is -2.10. The first kappa shape index (κ1) is 11.6. The van der Waals surface area contributed by atoms with Crippen LogP contribution in [0.4, 0.5) is 0 Å². The molecule has 0 aromatic carbocycles. The molecular weight excluding hydrogens is 168 g/mol. The molecule has 0 spiro atoms. The van der Waals surface area contributed by atoms with E-state index in [-0.39, 0.29) is 0 Å². The quantitative estimate of drug-likeness (QED) is 0.593. The molecule has 0 fully saturated rings. The van der Waals surface area contributed by atoms with Crippen LogP contribution in [0.1, 0.15) is 54.4 Å². The minimum absolute atomic E-state index is 0.684. The number of hydrogen-bond acceptors (Lipinski definition) is 0. The van der Waals surface area contributed by atoms with Crippen molar-refractivity contribution in [2.75, 3.05) is 0 Å². The van der Waals surface area contributed by atoms with Gasteiger partial charge in [-0.2, -0.15) is 0 Å². The standard InChI is InChI=1S/C14H24/c1-9(2)13-8-7-11(5)14(10(3)4)12(13)6/h9-10H,7-8H2,1-6H3. The average Bonchev–Trinajstić information content (AvgIpc) is 2.02. The van der Waals surface area contributed by atoms with Crippen LogP contribution in [-0.4, -0.2) is 0 Å². The second kappa shape index (κ2) is 4.33. The molecule has 0 heteroatoms. The summed E-state index contributed by atoms with van der Waals surface area (Å²) in [4.78, 5) is 0. The minimum Gasteiger partial charge on any atom is -0.0693 e. The molecule has 0 unspecified atom stereocenters. The predicted octanol–water partition coefficient (Wildman–Crippen LogP) is 4.73. The maximum Gasteiger partial charge on any atom is -0.0217 e. The summed E-state index contributed by atoms with van der Waals surface area (Å²) in [5, 5.41) is 0. The molecular formula is C14H24. The van der Waals surface area contributed by atoms with Crippen molar-refractivity contribution in [3.63, 3.8) is 0 Å².